The van der Waals surface area contributed by atoms with Crippen molar-refractivity contribution in [2.24, 2.45) is 5.73 Å². The van der Waals surface area contributed by atoms with Gasteiger partial charge in [-0.3, -0.25) is 10.3 Å². The van der Waals surface area contributed by atoms with Gasteiger partial charge in [-0.25, -0.2) is 4.98 Å². The lowest BCUT2D eigenvalue weighted by atomic mass is 10.2. The third-order valence-corrected chi connectivity index (χ3v) is 3.41. The van der Waals surface area contributed by atoms with Crippen LogP contribution in [0.2, 0.25) is 0 Å². The summed E-state index contributed by atoms with van der Waals surface area (Å²) in [5, 5.41) is 9.82. The van der Waals surface area contributed by atoms with Crippen LogP contribution in [-0.2, 0) is 6.54 Å². The molecule has 0 aliphatic carbocycles. The second kappa shape index (κ2) is 6.49. The van der Waals surface area contributed by atoms with Gasteiger partial charge in [0, 0.05) is 38.9 Å². The molecule has 1 saturated heterocycles. The molecule has 0 amide bonds. The van der Waals surface area contributed by atoms with E-state index >= 15 is 0 Å². The molecule has 4 N–H and O–H groups in total. The Kier molecular flexibility index (Phi) is 4.70. The molecule has 0 spiro atoms. The van der Waals surface area contributed by atoms with Gasteiger partial charge in [-0.15, -0.1) is 0 Å². The van der Waals surface area contributed by atoms with Crippen LogP contribution in [0.3, 0.4) is 0 Å². The first-order valence-corrected chi connectivity index (χ1v) is 6.68. The van der Waals surface area contributed by atoms with Crippen molar-refractivity contribution in [2.45, 2.75) is 13.5 Å². The van der Waals surface area contributed by atoms with Crippen LogP contribution in [0.4, 0.5) is 5.82 Å². The van der Waals surface area contributed by atoms with Gasteiger partial charge in [-0.2, -0.15) is 0 Å². The number of pyridine rings is 1. The Hall–Kier alpha value is -1.66. The highest BCUT2D eigenvalue weighted by atomic mass is 15.3. The molecule has 104 valence electrons. The maximum absolute atomic E-state index is 7.14. The van der Waals surface area contributed by atoms with Gasteiger partial charge in [-0.1, -0.05) is 13.0 Å². The third kappa shape index (κ3) is 4.18. The van der Waals surface area contributed by atoms with Crippen molar-refractivity contribution in [1.29, 1.82) is 5.41 Å². The number of nitrogens with one attached hydrogen (secondary N) is 2. The molecule has 0 unspecified atom stereocenters. The van der Waals surface area contributed by atoms with Crippen LogP contribution in [-0.4, -0.2) is 53.5 Å². The third-order valence-electron chi connectivity index (χ3n) is 3.41. The molecule has 6 nitrogen and oxygen atoms in total. The minimum atomic E-state index is -0.0871. The number of guanidine groups is 1. The van der Waals surface area contributed by atoms with Crippen LogP contribution in [0.5, 0.6) is 0 Å². The Morgan fingerprint density at radius 3 is 2.53 bits per heavy atom. The lowest BCUT2D eigenvalue weighted by Gasteiger charge is -2.33. The van der Waals surface area contributed by atoms with Gasteiger partial charge in [0.2, 0.25) is 0 Å². The van der Waals surface area contributed by atoms with E-state index in [2.05, 4.69) is 27.0 Å². The van der Waals surface area contributed by atoms with Gasteiger partial charge < -0.3 is 16.0 Å². The van der Waals surface area contributed by atoms with Crippen LogP contribution in [0.25, 0.3) is 0 Å². The highest BCUT2D eigenvalue weighted by molar-refractivity contribution is 5.88. The van der Waals surface area contributed by atoms with Gasteiger partial charge >= 0.3 is 0 Å². The monoisotopic (exact) mass is 262 g/mol. The first-order chi connectivity index (χ1) is 9.17. The normalized spacial score (nSPS) is 17.3. The molecular formula is C13H22N6. The zero-order valence-corrected chi connectivity index (χ0v) is 11.4. The lowest BCUT2D eigenvalue weighted by Crippen LogP contribution is -2.45. The summed E-state index contributed by atoms with van der Waals surface area (Å²) in [6.45, 7) is 8.80. The number of hydrogen-bond acceptors (Lipinski definition) is 4. The molecule has 0 saturated carbocycles. The molecule has 1 aliphatic heterocycles. The fraction of sp³-hybridized carbons (Fsp3) is 0.538. The van der Waals surface area contributed by atoms with Crippen LogP contribution in [0, 0.1) is 5.41 Å². The second-order valence-corrected chi connectivity index (χ2v) is 4.80. The van der Waals surface area contributed by atoms with E-state index in [0.717, 1.165) is 39.3 Å². The SMILES string of the molecule is CCN1CCN(Cc2ccc(NC(=N)N)nc2)CC1. The van der Waals surface area contributed by atoms with E-state index in [-0.39, 0.29) is 5.96 Å². The molecule has 1 aromatic heterocycles. The molecule has 0 radical (unpaired) electrons. The van der Waals surface area contributed by atoms with Crippen molar-refractivity contribution >= 4 is 11.8 Å². The maximum Gasteiger partial charge on any atom is 0.191 e. The Morgan fingerprint density at radius 1 is 1.32 bits per heavy atom. The predicted molar refractivity (Wildman–Crippen MR) is 77.2 cm³/mol. The highest BCUT2D eigenvalue weighted by Crippen LogP contribution is 2.10. The quantitative estimate of drug-likeness (QED) is 0.544. The summed E-state index contributed by atoms with van der Waals surface area (Å²) in [6.07, 6.45) is 1.84. The van der Waals surface area contributed by atoms with Crippen molar-refractivity contribution in [2.75, 3.05) is 38.0 Å². The zero-order valence-electron chi connectivity index (χ0n) is 11.4. The molecule has 1 aliphatic rings. The van der Waals surface area contributed by atoms with Crippen LogP contribution < -0.4 is 11.1 Å². The van der Waals surface area contributed by atoms with Crippen LogP contribution in [0.15, 0.2) is 18.3 Å². The summed E-state index contributed by atoms with van der Waals surface area (Å²) >= 11 is 0. The molecule has 0 aromatic carbocycles. The fourth-order valence-electron chi connectivity index (χ4n) is 2.25. The maximum atomic E-state index is 7.14. The molecule has 19 heavy (non-hydrogen) atoms. The first kappa shape index (κ1) is 13.8. The van der Waals surface area contributed by atoms with Gasteiger partial charge in [0.1, 0.15) is 5.82 Å². The Bertz CT molecular complexity index is 408. The van der Waals surface area contributed by atoms with E-state index in [1.165, 1.54) is 5.56 Å². The number of nitrogens with zero attached hydrogens (tertiary/aromatic N) is 3. The lowest BCUT2D eigenvalue weighted by molar-refractivity contribution is 0.132. The number of nitrogens with two attached hydrogens (primary N) is 1. The predicted octanol–water partition coefficient (Wildman–Crippen LogP) is 0.524. The standard InChI is InChI=1S/C13H22N6/c1-2-18-5-7-19(8-6-18)10-11-3-4-12(16-9-11)17-13(14)15/h3-4,9H,2,5-8,10H2,1H3,(H4,14,15,16,17). The summed E-state index contributed by atoms with van der Waals surface area (Å²) in [4.78, 5) is 9.16. The summed E-state index contributed by atoms with van der Waals surface area (Å²) in [5.74, 6) is 0.531. The van der Waals surface area contributed by atoms with Gasteiger partial charge in [0.15, 0.2) is 5.96 Å². The Labute approximate surface area is 114 Å². The number of likely N-dealkylation sites (N-methyl/N-ethyl adjacent to an activating group) is 1. The molecule has 1 aromatic rings. The number of anilines is 1. The van der Waals surface area contributed by atoms with Crippen molar-refractivity contribution < 1.29 is 0 Å². The van der Waals surface area contributed by atoms with Crippen LogP contribution >= 0.6 is 0 Å². The first-order valence-electron chi connectivity index (χ1n) is 6.68. The topological polar surface area (TPSA) is 81.3 Å². The van der Waals surface area contributed by atoms with Gasteiger partial charge in [0.05, 0.1) is 0 Å². The van der Waals surface area contributed by atoms with E-state index in [1.807, 2.05) is 18.3 Å². The Morgan fingerprint density at radius 2 is 2.00 bits per heavy atom. The van der Waals surface area contributed by atoms with Crippen molar-refractivity contribution in [1.82, 2.24) is 14.8 Å². The van der Waals surface area contributed by atoms with Crippen molar-refractivity contribution in [3.8, 4) is 0 Å². The van der Waals surface area contributed by atoms with Gasteiger partial charge in [-0.05, 0) is 18.2 Å². The number of piperazine rings is 1. The van der Waals surface area contributed by atoms with Crippen molar-refractivity contribution in [3.05, 3.63) is 23.9 Å². The number of rotatable bonds is 4. The average molecular weight is 262 g/mol. The Balaban J connectivity index is 1.84. The molecular weight excluding hydrogens is 240 g/mol. The molecule has 0 atom stereocenters. The molecule has 6 heteroatoms. The second-order valence-electron chi connectivity index (χ2n) is 4.80. The van der Waals surface area contributed by atoms with E-state index in [1.54, 1.807) is 0 Å². The average Bonchev–Trinajstić information content (AvgIpc) is 2.41. The fourth-order valence-corrected chi connectivity index (χ4v) is 2.25. The van der Waals surface area contributed by atoms with E-state index < -0.39 is 0 Å². The molecule has 2 rings (SSSR count). The smallest absolute Gasteiger partial charge is 0.191 e. The van der Waals surface area contributed by atoms with E-state index in [4.69, 9.17) is 11.1 Å². The highest BCUT2D eigenvalue weighted by Gasteiger charge is 2.15. The number of aromatic nitrogens is 1. The van der Waals surface area contributed by atoms with E-state index in [0.29, 0.717) is 5.82 Å². The van der Waals surface area contributed by atoms with Gasteiger partial charge in [0.25, 0.3) is 0 Å². The zero-order chi connectivity index (χ0) is 13.7. The summed E-state index contributed by atoms with van der Waals surface area (Å²) < 4.78 is 0. The summed E-state index contributed by atoms with van der Waals surface area (Å²) in [7, 11) is 0. The van der Waals surface area contributed by atoms with Crippen molar-refractivity contribution in [3.63, 3.8) is 0 Å². The summed E-state index contributed by atoms with van der Waals surface area (Å²) in [5.41, 5.74) is 6.45. The number of hydrogen-bond donors (Lipinski definition) is 3. The minimum Gasteiger partial charge on any atom is -0.370 e. The largest absolute Gasteiger partial charge is 0.370 e. The van der Waals surface area contributed by atoms with Crippen LogP contribution in [0.1, 0.15) is 12.5 Å². The summed E-state index contributed by atoms with van der Waals surface area (Å²) in [6, 6.07) is 3.89. The molecule has 2 heterocycles. The van der Waals surface area contributed by atoms with E-state index in [9.17, 15) is 0 Å². The molecule has 1 fully saturated rings. The minimum absolute atomic E-state index is 0.0871. The molecule has 0 bridgehead atoms.